The fraction of sp³-hybridized carbons (Fsp3) is 0.350. The van der Waals surface area contributed by atoms with Crippen LogP contribution in [0.4, 0.5) is 0 Å². The Hall–Kier alpha value is -2.47. The van der Waals surface area contributed by atoms with E-state index in [0.717, 1.165) is 35.2 Å². The summed E-state index contributed by atoms with van der Waals surface area (Å²) in [6.07, 6.45) is 6.35. The molecule has 5 nitrogen and oxygen atoms in total. The van der Waals surface area contributed by atoms with Gasteiger partial charge in [-0.3, -0.25) is 14.2 Å². The van der Waals surface area contributed by atoms with Crippen LogP contribution in [-0.2, 0) is 35.3 Å². The van der Waals surface area contributed by atoms with Gasteiger partial charge in [-0.05, 0) is 36.8 Å². The molecule has 6 heteroatoms. The SMILES string of the molecule is O=C(Cn1cnc2sc3c(c2c1=O)CCCC3)OCCc1ccccc1. The lowest BCUT2D eigenvalue weighted by atomic mass is 9.97. The number of thiophene rings is 1. The molecule has 0 spiro atoms. The van der Waals surface area contributed by atoms with Crippen molar-refractivity contribution in [1.82, 2.24) is 9.55 Å². The van der Waals surface area contributed by atoms with Gasteiger partial charge in [0, 0.05) is 11.3 Å². The van der Waals surface area contributed by atoms with Crippen molar-refractivity contribution < 1.29 is 9.53 Å². The highest BCUT2D eigenvalue weighted by Crippen LogP contribution is 2.33. The zero-order valence-electron chi connectivity index (χ0n) is 14.4. The van der Waals surface area contributed by atoms with Gasteiger partial charge < -0.3 is 4.74 Å². The van der Waals surface area contributed by atoms with E-state index in [4.69, 9.17) is 4.74 Å². The predicted molar refractivity (Wildman–Crippen MR) is 102 cm³/mol. The largest absolute Gasteiger partial charge is 0.464 e. The van der Waals surface area contributed by atoms with Gasteiger partial charge in [0.2, 0.25) is 0 Å². The molecule has 1 aliphatic rings. The van der Waals surface area contributed by atoms with E-state index in [2.05, 4.69) is 4.98 Å². The summed E-state index contributed by atoms with van der Waals surface area (Å²) in [5.41, 5.74) is 2.13. The van der Waals surface area contributed by atoms with Gasteiger partial charge in [-0.2, -0.15) is 0 Å². The van der Waals surface area contributed by atoms with E-state index >= 15 is 0 Å². The molecule has 0 fully saturated rings. The Bertz CT molecular complexity index is 991. The number of fused-ring (bicyclic) bond motifs is 3. The van der Waals surface area contributed by atoms with E-state index in [1.165, 1.54) is 22.2 Å². The Labute approximate surface area is 155 Å². The Morgan fingerprint density at radius 3 is 2.85 bits per heavy atom. The maximum atomic E-state index is 12.8. The summed E-state index contributed by atoms with van der Waals surface area (Å²) < 4.78 is 6.66. The summed E-state index contributed by atoms with van der Waals surface area (Å²) >= 11 is 1.61. The number of hydrogen-bond acceptors (Lipinski definition) is 5. The number of nitrogens with zero attached hydrogens (tertiary/aromatic N) is 2. The molecule has 1 aromatic carbocycles. The van der Waals surface area contributed by atoms with Gasteiger partial charge in [0.1, 0.15) is 11.4 Å². The highest BCUT2D eigenvalue weighted by Gasteiger charge is 2.20. The molecule has 2 heterocycles. The van der Waals surface area contributed by atoms with Gasteiger partial charge in [-0.15, -0.1) is 11.3 Å². The summed E-state index contributed by atoms with van der Waals surface area (Å²) in [5, 5.41) is 0.698. The zero-order valence-corrected chi connectivity index (χ0v) is 15.3. The molecule has 134 valence electrons. The average molecular weight is 368 g/mol. The summed E-state index contributed by atoms with van der Waals surface area (Å²) in [6, 6.07) is 9.86. The number of rotatable bonds is 5. The second-order valence-electron chi connectivity index (χ2n) is 6.52. The summed E-state index contributed by atoms with van der Waals surface area (Å²) in [5.74, 6) is -0.409. The van der Waals surface area contributed by atoms with Gasteiger partial charge in [0.25, 0.3) is 5.56 Å². The molecule has 2 aromatic heterocycles. The molecule has 4 rings (SSSR count). The van der Waals surface area contributed by atoms with Crippen LogP contribution in [0.25, 0.3) is 10.2 Å². The van der Waals surface area contributed by atoms with E-state index in [-0.39, 0.29) is 12.1 Å². The Morgan fingerprint density at radius 1 is 1.19 bits per heavy atom. The first kappa shape index (κ1) is 17.0. The van der Waals surface area contributed by atoms with Crippen molar-refractivity contribution in [2.24, 2.45) is 0 Å². The topological polar surface area (TPSA) is 61.2 Å². The molecule has 0 N–H and O–H groups in total. The molecule has 0 unspecified atom stereocenters. The normalized spacial score (nSPS) is 13.5. The van der Waals surface area contributed by atoms with Gasteiger partial charge in [0.15, 0.2) is 0 Å². The number of aromatic nitrogens is 2. The number of carbonyl (C=O) groups is 1. The molecular formula is C20H20N2O3S. The maximum absolute atomic E-state index is 12.8. The van der Waals surface area contributed by atoms with Crippen LogP contribution < -0.4 is 5.56 Å². The molecular weight excluding hydrogens is 348 g/mol. The fourth-order valence-electron chi connectivity index (χ4n) is 3.41. The first-order chi connectivity index (χ1) is 12.7. The van der Waals surface area contributed by atoms with Crippen molar-refractivity contribution in [3.63, 3.8) is 0 Å². The standard InChI is InChI=1S/C20H20N2O3S/c23-17(25-11-10-14-6-2-1-3-7-14)12-22-13-21-19-18(20(22)24)15-8-4-5-9-16(15)26-19/h1-3,6-7,13H,4-5,8-12H2. The van der Waals surface area contributed by atoms with E-state index < -0.39 is 5.97 Å². The highest BCUT2D eigenvalue weighted by molar-refractivity contribution is 7.18. The van der Waals surface area contributed by atoms with Crippen molar-refractivity contribution in [2.75, 3.05) is 6.61 Å². The fourth-order valence-corrected chi connectivity index (χ4v) is 4.63. The van der Waals surface area contributed by atoms with Crippen LogP contribution in [0.3, 0.4) is 0 Å². The van der Waals surface area contributed by atoms with Crippen LogP contribution >= 0.6 is 11.3 Å². The van der Waals surface area contributed by atoms with E-state index in [1.54, 1.807) is 11.3 Å². The minimum atomic E-state index is -0.409. The van der Waals surface area contributed by atoms with Crippen LogP contribution in [0.1, 0.15) is 28.8 Å². The number of esters is 1. The third-order valence-electron chi connectivity index (χ3n) is 4.74. The number of benzene rings is 1. The maximum Gasteiger partial charge on any atom is 0.326 e. The van der Waals surface area contributed by atoms with E-state index in [1.807, 2.05) is 30.3 Å². The Kier molecular flexibility index (Phi) is 4.84. The smallest absolute Gasteiger partial charge is 0.326 e. The predicted octanol–water partition coefficient (Wildman–Crippen LogP) is 3.12. The molecule has 26 heavy (non-hydrogen) atoms. The average Bonchev–Trinajstić information content (AvgIpc) is 3.04. The van der Waals surface area contributed by atoms with Gasteiger partial charge in [-0.25, -0.2) is 4.98 Å². The number of hydrogen-bond donors (Lipinski definition) is 0. The third kappa shape index (κ3) is 3.42. The lowest BCUT2D eigenvalue weighted by Crippen LogP contribution is -2.26. The second kappa shape index (κ2) is 7.41. The lowest BCUT2D eigenvalue weighted by molar-refractivity contribution is -0.144. The number of aryl methyl sites for hydroxylation is 2. The van der Waals surface area contributed by atoms with Crippen molar-refractivity contribution >= 4 is 27.5 Å². The van der Waals surface area contributed by atoms with Gasteiger partial charge in [0.05, 0.1) is 18.3 Å². The van der Waals surface area contributed by atoms with Crippen LogP contribution in [-0.4, -0.2) is 22.1 Å². The molecule has 0 saturated carbocycles. The molecule has 1 aliphatic carbocycles. The van der Waals surface area contributed by atoms with Crippen molar-refractivity contribution in [3.8, 4) is 0 Å². The summed E-state index contributed by atoms with van der Waals surface area (Å²) in [7, 11) is 0. The minimum Gasteiger partial charge on any atom is -0.464 e. The number of ether oxygens (including phenoxy) is 1. The quantitative estimate of drug-likeness (QED) is 0.649. The van der Waals surface area contributed by atoms with Gasteiger partial charge in [-0.1, -0.05) is 30.3 Å². The highest BCUT2D eigenvalue weighted by atomic mass is 32.1. The molecule has 0 radical (unpaired) electrons. The summed E-state index contributed by atoms with van der Waals surface area (Å²) in [4.78, 5) is 31.4. The first-order valence-electron chi connectivity index (χ1n) is 8.91. The first-order valence-corrected chi connectivity index (χ1v) is 9.73. The second-order valence-corrected chi connectivity index (χ2v) is 7.61. The van der Waals surface area contributed by atoms with Crippen LogP contribution in [0.15, 0.2) is 41.5 Å². The molecule has 0 atom stereocenters. The zero-order chi connectivity index (χ0) is 17.9. The molecule has 0 aliphatic heterocycles. The molecule has 0 bridgehead atoms. The van der Waals surface area contributed by atoms with Crippen molar-refractivity contribution in [2.45, 2.75) is 38.6 Å². The monoisotopic (exact) mass is 368 g/mol. The summed E-state index contributed by atoms with van der Waals surface area (Å²) in [6.45, 7) is 0.211. The van der Waals surface area contributed by atoms with Crippen LogP contribution in [0.2, 0.25) is 0 Å². The Morgan fingerprint density at radius 2 is 2.00 bits per heavy atom. The third-order valence-corrected chi connectivity index (χ3v) is 5.94. The Balaban J connectivity index is 1.46. The van der Waals surface area contributed by atoms with Crippen LogP contribution in [0, 0.1) is 0 Å². The number of carbonyl (C=O) groups excluding carboxylic acids is 1. The lowest BCUT2D eigenvalue weighted by Gasteiger charge is -2.10. The van der Waals surface area contributed by atoms with E-state index in [0.29, 0.717) is 18.4 Å². The van der Waals surface area contributed by atoms with Crippen LogP contribution in [0.5, 0.6) is 0 Å². The minimum absolute atomic E-state index is 0.0960. The van der Waals surface area contributed by atoms with E-state index in [9.17, 15) is 9.59 Å². The van der Waals surface area contributed by atoms with Crippen molar-refractivity contribution in [3.05, 3.63) is 63.0 Å². The van der Waals surface area contributed by atoms with Gasteiger partial charge >= 0.3 is 5.97 Å². The van der Waals surface area contributed by atoms with Crippen molar-refractivity contribution in [1.29, 1.82) is 0 Å². The molecule has 0 amide bonds. The molecule has 3 aromatic rings. The molecule has 0 saturated heterocycles.